The second-order valence-corrected chi connectivity index (χ2v) is 6.81. The van der Waals surface area contributed by atoms with Crippen molar-refractivity contribution in [1.29, 1.82) is 0 Å². The highest BCUT2D eigenvalue weighted by Gasteiger charge is 2.42. The third kappa shape index (κ3) is 5.89. The Balaban J connectivity index is 2.56. The summed E-state index contributed by atoms with van der Waals surface area (Å²) in [5.41, 5.74) is -1.50. The topological polar surface area (TPSA) is 78.9 Å². The lowest BCUT2D eigenvalue weighted by Crippen LogP contribution is -2.51. The summed E-state index contributed by atoms with van der Waals surface area (Å²) in [4.78, 5) is 24.3. The number of nitrogens with zero attached hydrogens (tertiary/aromatic N) is 1. The fourth-order valence-corrected chi connectivity index (χ4v) is 2.25. The zero-order valence-corrected chi connectivity index (χ0v) is 13.5. The van der Waals surface area contributed by atoms with Gasteiger partial charge in [0.1, 0.15) is 5.60 Å². The van der Waals surface area contributed by atoms with Gasteiger partial charge in [0.15, 0.2) is 0 Å². The molecule has 134 valence electrons. The van der Waals surface area contributed by atoms with Crippen LogP contribution >= 0.6 is 0 Å². The van der Waals surface area contributed by atoms with Gasteiger partial charge in [0, 0.05) is 25.0 Å². The number of halogens is 3. The zero-order chi connectivity index (χ0) is 17.9. The molecule has 0 aliphatic carbocycles. The molecule has 0 bridgehead atoms. The number of amides is 2. The predicted octanol–water partition coefficient (Wildman–Crippen LogP) is 1.67. The Morgan fingerprint density at radius 2 is 1.74 bits per heavy atom. The number of alkyl halides is 3. The number of hydrogen-bond donors (Lipinski definition) is 2. The van der Waals surface area contributed by atoms with E-state index < -0.39 is 29.2 Å². The molecule has 1 aliphatic heterocycles. The number of piperidine rings is 1. The van der Waals surface area contributed by atoms with E-state index in [1.165, 1.54) is 4.90 Å². The van der Waals surface area contributed by atoms with Crippen molar-refractivity contribution in [2.45, 2.75) is 45.4 Å². The summed E-state index contributed by atoms with van der Waals surface area (Å²) in [6, 6.07) is 0. The summed E-state index contributed by atoms with van der Waals surface area (Å²) in [5, 5.41) is 11.3. The fraction of sp³-hybridized carbons (Fsp3) is 0.857. The summed E-state index contributed by atoms with van der Waals surface area (Å²) in [6.45, 7) is 5.05. The Kier molecular flexibility index (Phi) is 5.89. The van der Waals surface area contributed by atoms with Crippen molar-refractivity contribution in [3.63, 3.8) is 0 Å². The second kappa shape index (κ2) is 6.94. The quantitative estimate of drug-likeness (QED) is 0.819. The van der Waals surface area contributed by atoms with E-state index in [1.807, 2.05) is 5.32 Å². The number of carbonyl (C=O) groups is 2. The van der Waals surface area contributed by atoms with Gasteiger partial charge in [-0.25, -0.2) is 4.79 Å². The first kappa shape index (κ1) is 19.5. The van der Waals surface area contributed by atoms with Crippen LogP contribution in [0.1, 0.15) is 33.6 Å². The lowest BCUT2D eigenvalue weighted by atomic mass is 9.79. The fourth-order valence-electron chi connectivity index (χ4n) is 2.25. The van der Waals surface area contributed by atoms with Crippen molar-refractivity contribution < 1.29 is 32.6 Å². The van der Waals surface area contributed by atoms with Gasteiger partial charge in [-0.2, -0.15) is 13.2 Å². The molecule has 2 amide bonds. The molecule has 1 fully saturated rings. The first-order chi connectivity index (χ1) is 10.4. The molecule has 1 heterocycles. The predicted molar refractivity (Wildman–Crippen MR) is 75.6 cm³/mol. The molecule has 23 heavy (non-hydrogen) atoms. The summed E-state index contributed by atoms with van der Waals surface area (Å²) < 4.78 is 41.9. The van der Waals surface area contributed by atoms with Crippen LogP contribution in [-0.2, 0) is 9.53 Å². The van der Waals surface area contributed by atoms with Crippen LogP contribution in [0, 0.1) is 5.41 Å². The van der Waals surface area contributed by atoms with Crippen LogP contribution < -0.4 is 5.32 Å². The molecule has 0 unspecified atom stereocenters. The van der Waals surface area contributed by atoms with Gasteiger partial charge >= 0.3 is 18.2 Å². The Bertz CT molecular complexity index is 438. The van der Waals surface area contributed by atoms with Crippen LogP contribution in [0.25, 0.3) is 0 Å². The SMILES string of the molecule is CC(C)(C)OC(=O)N1CCC(CO)(CNC(=O)C(F)(F)F)CC1. The minimum Gasteiger partial charge on any atom is -0.444 e. The van der Waals surface area contributed by atoms with Gasteiger partial charge in [-0.15, -0.1) is 0 Å². The van der Waals surface area contributed by atoms with E-state index in [0.29, 0.717) is 0 Å². The van der Waals surface area contributed by atoms with Crippen LogP contribution in [-0.4, -0.2) is 60.0 Å². The lowest BCUT2D eigenvalue weighted by Gasteiger charge is -2.41. The number of likely N-dealkylation sites (tertiary alicyclic amines) is 1. The van der Waals surface area contributed by atoms with Crippen molar-refractivity contribution in [3.05, 3.63) is 0 Å². The van der Waals surface area contributed by atoms with Crippen molar-refractivity contribution in [2.24, 2.45) is 5.41 Å². The molecule has 0 radical (unpaired) electrons. The highest BCUT2D eigenvalue weighted by atomic mass is 19.4. The maximum absolute atomic E-state index is 12.2. The first-order valence-corrected chi connectivity index (χ1v) is 7.32. The largest absolute Gasteiger partial charge is 0.471 e. The second-order valence-electron chi connectivity index (χ2n) is 6.81. The number of carbonyl (C=O) groups excluding carboxylic acids is 2. The number of aliphatic hydroxyl groups excluding tert-OH is 1. The van der Waals surface area contributed by atoms with Crippen molar-refractivity contribution in [2.75, 3.05) is 26.2 Å². The van der Waals surface area contributed by atoms with Crippen LogP contribution in [0.2, 0.25) is 0 Å². The third-order valence-electron chi connectivity index (χ3n) is 3.69. The summed E-state index contributed by atoms with van der Waals surface area (Å²) in [6.07, 6.45) is -4.89. The van der Waals surface area contributed by atoms with E-state index in [4.69, 9.17) is 4.74 Å². The van der Waals surface area contributed by atoms with Crippen molar-refractivity contribution >= 4 is 12.0 Å². The number of nitrogens with one attached hydrogen (secondary N) is 1. The Hall–Kier alpha value is -1.51. The van der Waals surface area contributed by atoms with Crippen LogP contribution in [0.15, 0.2) is 0 Å². The van der Waals surface area contributed by atoms with E-state index >= 15 is 0 Å². The molecule has 1 rings (SSSR count). The number of rotatable bonds is 3. The van der Waals surface area contributed by atoms with E-state index in [9.17, 15) is 27.9 Å². The van der Waals surface area contributed by atoms with Crippen LogP contribution in [0.3, 0.4) is 0 Å². The molecule has 0 saturated carbocycles. The van der Waals surface area contributed by atoms with Crippen molar-refractivity contribution in [1.82, 2.24) is 10.2 Å². The average Bonchev–Trinajstić information content (AvgIpc) is 2.42. The molecule has 0 aromatic carbocycles. The van der Waals surface area contributed by atoms with Gasteiger partial charge in [-0.3, -0.25) is 4.79 Å². The minimum absolute atomic E-state index is 0.247. The van der Waals surface area contributed by atoms with E-state index in [2.05, 4.69) is 0 Å². The van der Waals surface area contributed by atoms with E-state index in [0.717, 1.165) is 0 Å². The van der Waals surface area contributed by atoms with Crippen LogP contribution in [0.5, 0.6) is 0 Å². The smallest absolute Gasteiger partial charge is 0.444 e. The molecule has 0 aromatic heterocycles. The molecule has 6 nitrogen and oxygen atoms in total. The number of hydrogen-bond acceptors (Lipinski definition) is 4. The van der Waals surface area contributed by atoms with Crippen LogP contribution in [0.4, 0.5) is 18.0 Å². The molecule has 0 spiro atoms. The standard InChI is InChI=1S/C14H23F3N2O4/c1-12(2,3)23-11(22)19-6-4-13(9-20,5-7-19)8-18-10(21)14(15,16)17/h20H,4-9H2,1-3H3,(H,18,21). The van der Waals surface area contributed by atoms with Gasteiger partial charge in [-0.05, 0) is 33.6 Å². The van der Waals surface area contributed by atoms with Gasteiger partial charge in [-0.1, -0.05) is 0 Å². The highest BCUT2D eigenvalue weighted by Crippen LogP contribution is 2.31. The lowest BCUT2D eigenvalue weighted by molar-refractivity contribution is -0.174. The molecule has 1 saturated heterocycles. The normalized spacial score (nSPS) is 18.5. The Labute approximate surface area is 133 Å². The monoisotopic (exact) mass is 340 g/mol. The molecule has 9 heteroatoms. The summed E-state index contributed by atoms with van der Waals surface area (Å²) >= 11 is 0. The number of aliphatic hydroxyl groups is 1. The maximum Gasteiger partial charge on any atom is 0.471 e. The third-order valence-corrected chi connectivity index (χ3v) is 3.69. The van der Waals surface area contributed by atoms with Gasteiger partial charge in [0.2, 0.25) is 0 Å². The molecular formula is C14H23F3N2O4. The maximum atomic E-state index is 12.2. The molecule has 2 N–H and O–H groups in total. The molecule has 0 atom stereocenters. The zero-order valence-electron chi connectivity index (χ0n) is 13.5. The van der Waals surface area contributed by atoms with Gasteiger partial charge < -0.3 is 20.1 Å². The van der Waals surface area contributed by atoms with Gasteiger partial charge in [0.05, 0.1) is 6.61 Å². The Morgan fingerprint density at radius 1 is 1.22 bits per heavy atom. The van der Waals surface area contributed by atoms with E-state index in [1.54, 1.807) is 20.8 Å². The average molecular weight is 340 g/mol. The summed E-state index contributed by atoms with van der Waals surface area (Å²) in [7, 11) is 0. The Morgan fingerprint density at radius 3 is 2.13 bits per heavy atom. The molecule has 1 aliphatic rings. The minimum atomic E-state index is -4.95. The highest BCUT2D eigenvalue weighted by molar-refractivity contribution is 5.81. The molecule has 0 aromatic rings. The van der Waals surface area contributed by atoms with Gasteiger partial charge in [0.25, 0.3) is 0 Å². The van der Waals surface area contributed by atoms with Crippen molar-refractivity contribution in [3.8, 4) is 0 Å². The number of ether oxygens (including phenoxy) is 1. The summed E-state index contributed by atoms with van der Waals surface area (Å²) in [5.74, 6) is -2.03. The first-order valence-electron chi connectivity index (χ1n) is 7.32. The van der Waals surface area contributed by atoms with E-state index in [-0.39, 0.29) is 39.1 Å². The molecular weight excluding hydrogens is 317 g/mol.